The molecule has 0 radical (unpaired) electrons. The molecule has 0 fully saturated rings. The van der Waals surface area contributed by atoms with E-state index in [2.05, 4.69) is 11.2 Å². The second-order valence-electron chi connectivity index (χ2n) is 6.92. The van der Waals surface area contributed by atoms with E-state index in [9.17, 15) is 4.79 Å². The molecule has 4 aromatic rings. The Morgan fingerprint density at radius 2 is 2.11 bits per heavy atom. The van der Waals surface area contributed by atoms with Gasteiger partial charge in [0.1, 0.15) is 0 Å². The summed E-state index contributed by atoms with van der Waals surface area (Å²) < 4.78 is 1.85. The first-order valence-electron chi connectivity index (χ1n) is 9.56. The first-order valence-corrected chi connectivity index (χ1v) is 10.4. The van der Waals surface area contributed by atoms with Gasteiger partial charge in [0.15, 0.2) is 5.65 Å². The second kappa shape index (κ2) is 6.87. The van der Waals surface area contributed by atoms with Gasteiger partial charge in [-0.1, -0.05) is 24.3 Å². The van der Waals surface area contributed by atoms with Crippen LogP contribution in [-0.2, 0) is 13.0 Å². The van der Waals surface area contributed by atoms with Crippen LogP contribution in [0.1, 0.15) is 29.3 Å². The molecular formula is C22H20N4OS. The third-order valence-electron chi connectivity index (χ3n) is 5.27. The summed E-state index contributed by atoms with van der Waals surface area (Å²) in [5.41, 5.74) is 4.51. The standard InChI is InChI=1S/C22H20N4OS/c1-2-26-21-17(14-23-26)16(13-18(24-21)20-10-6-12-28-20)22(27)25-11-5-8-15-7-3-4-9-19(15)25/h3-4,6-7,9-10,12-14H,2,5,8,11H2,1H3. The van der Waals surface area contributed by atoms with Crippen molar-refractivity contribution in [3.05, 3.63) is 65.2 Å². The molecular weight excluding hydrogens is 368 g/mol. The minimum absolute atomic E-state index is 0.0213. The van der Waals surface area contributed by atoms with E-state index in [0.717, 1.165) is 46.7 Å². The van der Waals surface area contributed by atoms with E-state index in [1.54, 1.807) is 17.5 Å². The van der Waals surface area contributed by atoms with Crippen molar-refractivity contribution in [3.63, 3.8) is 0 Å². The third-order valence-corrected chi connectivity index (χ3v) is 6.16. The van der Waals surface area contributed by atoms with Crippen molar-refractivity contribution < 1.29 is 4.79 Å². The maximum absolute atomic E-state index is 13.7. The summed E-state index contributed by atoms with van der Waals surface area (Å²) in [5.74, 6) is 0.0213. The van der Waals surface area contributed by atoms with E-state index < -0.39 is 0 Å². The first kappa shape index (κ1) is 17.1. The molecule has 0 unspecified atom stereocenters. The normalized spacial score (nSPS) is 13.7. The van der Waals surface area contributed by atoms with Crippen LogP contribution in [0.3, 0.4) is 0 Å². The predicted octanol–water partition coefficient (Wildman–Crippen LogP) is 4.77. The largest absolute Gasteiger partial charge is 0.308 e. The van der Waals surface area contributed by atoms with Gasteiger partial charge in [-0.25, -0.2) is 9.67 Å². The number of hydrogen-bond acceptors (Lipinski definition) is 4. The minimum atomic E-state index is 0.0213. The zero-order valence-corrected chi connectivity index (χ0v) is 16.4. The molecule has 5 nitrogen and oxygen atoms in total. The number of hydrogen-bond donors (Lipinski definition) is 0. The number of carbonyl (C=O) groups is 1. The molecule has 140 valence electrons. The highest BCUT2D eigenvalue weighted by atomic mass is 32.1. The third kappa shape index (κ3) is 2.72. The number of aromatic nitrogens is 3. The number of fused-ring (bicyclic) bond motifs is 2. The van der Waals surface area contributed by atoms with Gasteiger partial charge in [0.05, 0.1) is 27.7 Å². The summed E-state index contributed by atoms with van der Waals surface area (Å²) >= 11 is 1.63. The van der Waals surface area contributed by atoms with E-state index in [0.29, 0.717) is 12.1 Å². The number of amides is 1. The van der Waals surface area contributed by atoms with E-state index in [-0.39, 0.29) is 5.91 Å². The fourth-order valence-electron chi connectivity index (χ4n) is 3.90. The van der Waals surface area contributed by atoms with E-state index in [1.165, 1.54) is 5.56 Å². The minimum Gasteiger partial charge on any atom is -0.308 e. The Balaban J connectivity index is 1.68. The molecule has 5 rings (SSSR count). The maximum atomic E-state index is 13.7. The van der Waals surface area contributed by atoms with Crippen LogP contribution in [0.4, 0.5) is 5.69 Å². The molecule has 1 aromatic carbocycles. The van der Waals surface area contributed by atoms with Crippen LogP contribution in [0.2, 0.25) is 0 Å². The molecule has 4 heterocycles. The van der Waals surface area contributed by atoms with Crippen molar-refractivity contribution in [2.24, 2.45) is 0 Å². The van der Waals surface area contributed by atoms with Crippen LogP contribution in [0, 0.1) is 0 Å². The van der Waals surface area contributed by atoms with Crippen molar-refractivity contribution >= 4 is 34.0 Å². The quantitative estimate of drug-likeness (QED) is 0.508. The second-order valence-corrected chi connectivity index (χ2v) is 7.87. The lowest BCUT2D eigenvalue weighted by molar-refractivity contribution is 0.0986. The Hall–Kier alpha value is -2.99. The highest BCUT2D eigenvalue weighted by Crippen LogP contribution is 2.32. The number of thiophene rings is 1. The van der Waals surface area contributed by atoms with Crippen LogP contribution in [0.25, 0.3) is 21.6 Å². The zero-order valence-electron chi connectivity index (χ0n) is 15.6. The highest BCUT2D eigenvalue weighted by molar-refractivity contribution is 7.13. The van der Waals surface area contributed by atoms with Gasteiger partial charge in [0.25, 0.3) is 5.91 Å². The Morgan fingerprint density at radius 3 is 2.93 bits per heavy atom. The van der Waals surface area contributed by atoms with Crippen LogP contribution >= 0.6 is 11.3 Å². The van der Waals surface area contributed by atoms with Gasteiger partial charge in [-0.3, -0.25) is 4.79 Å². The molecule has 1 aliphatic rings. The molecule has 0 saturated heterocycles. The average molecular weight is 388 g/mol. The molecule has 0 bridgehead atoms. The number of pyridine rings is 1. The number of benzene rings is 1. The number of rotatable bonds is 3. The van der Waals surface area contributed by atoms with Gasteiger partial charge >= 0.3 is 0 Å². The summed E-state index contributed by atoms with van der Waals surface area (Å²) in [6.07, 6.45) is 3.76. The lowest BCUT2D eigenvalue weighted by atomic mass is 10.0. The van der Waals surface area contributed by atoms with Crippen molar-refractivity contribution in [1.82, 2.24) is 14.8 Å². The smallest absolute Gasteiger partial charge is 0.259 e. The first-order chi connectivity index (χ1) is 13.8. The summed E-state index contributed by atoms with van der Waals surface area (Å²) in [7, 11) is 0. The number of carbonyl (C=O) groups excluding carboxylic acids is 1. The van der Waals surface area contributed by atoms with Crippen LogP contribution in [-0.4, -0.2) is 27.2 Å². The van der Waals surface area contributed by atoms with Gasteiger partial charge in [0, 0.05) is 18.8 Å². The molecule has 0 saturated carbocycles. The summed E-state index contributed by atoms with van der Waals surface area (Å²) in [4.78, 5) is 21.4. The van der Waals surface area contributed by atoms with E-state index in [4.69, 9.17) is 4.98 Å². The maximum Gasteiger partial charge on any atom is 0.259 e. The average Bonchev–Trinajstić information content (AvgIpc) is 3.42. The van der Waals surface area contributed by atoms with Gasteiger partial charge in [-0.05, 0) is 48.9 Å². The molecule has 6 heteroatoms. The fraction of sp³-hybridized carbons (Fsp3) is 0.227. The molecule has 28 heavy (non-hydrogen) atoms. The van der Waals surface area contributed by atoms with Gasteiger partial charge in [-0.15, -0.1) is 11.3 Å². The lowest BCUT2D eigenvalue weighted by Crippen LogP contribution is -2.35. The van der Waals surface area contributed by atoms with Gasteiger partial charge in [-0.2, -0.15) is 5.10 Å². The topological polar surface area (TPSA) is 51.0 Å². The molecule has 3 aromatic heterocycles. The summed E-state index contributed by atoms with van der Waals surface area (Å²) in [6.45, 7) is 3.48. The van der Waals surface area contributed by atoms with Gasteiger partial charge < -0.3 is 4.90 Å². The van der Waals surface area contributed by atoms with Crippen molar-refractivity contribution in [1.29, 1.82) is 0 Å². The highest BCUT2D eigenvalue weighted by Gasteiger charge is 2.26. The van der Waals surface area contributed by atoms with Gasteiger partial charge in [0.2, 0.25) is 0 Å². The van der Waals surface area contributed by atoms with Crippen molar-refractivity contribution in [3.8, 4) is 10.6 Å². The molecule has 0 N–H and O–H groups in total. The fourth-order valence-corrected chi connectivity index (χ4v) is 4.58. The number of para-hydroxylation sites is 1. The SMILES string of the molecule is CCn1ncc2c(C(=O)N3CCCc4ccccc43)cc(-c3cccs3)nc21. The Labute approximate surface area is 167 Å². The van der Waals surface area contributed by atoms with Crippen molar-refractivity contribution in [2.75, 3.05) is 11.4 Å². The predicted molar refractivity (Wildman–Crippen MR) is 113 cm³/mol. The molecule has 0 atom stereocenters. The molecule has 0 aliphatic carbocycles. The number of anilines is 1. The monoisotopic (exact) mass is 388 g/mol. The number of nitrogens with zero attached hydrogens (tertiary/aromatic N) is 4. The molecule has 1 aliphatic heterocycles. The summed E-state index contributed by atoms with van der Waals surface area (Å²) in [5, 5.41) is 7.30. The van der Waals surface area contributed by atoms with Crippen LogP contribution in [0.5, 0.6) is 0 Å². The van der Waals surface area contributed by atoms with Crippen LogP contribution in [0.15, 0.2) is 54.0 Å². The van der Waals surface area contributed by atoms with E-state index >= 15 is 0 Å². The van der Waals surface area contributed by atoms with E-state index in [1.807, 2.05) is 58.3 Å². The molecule has 0 spiro atoms. The Morgan fingerprint density at radius 1 is 1.21 bits per heavy atom. The molecule has 1 amide bonds. The number of aryl methyl sites for hydroxylation is 2. The summed E-state index contributed by atoms with van der Waals surface area (Å²) in [6, 6.07) is 14.2. The Kier molecular flexibility index (Phi) is 4.20. The zero-order chi connectivity index (χ0) is 19.1. The van der Waals surface area contributed by atoms with Crippen molar-refractivity contribution in [2.45, 2.75) is 26.3 Å². The lowest BCUT2D eigenvalue weighted by Gasteiger charge is -2.29. The van der Waals surface area contributed by atoms with Crippen LogP contribution < -0.4 is 4.90 Å². The Bertz CT molecular complexity index is 1160.